The van der Waals surface area contributed by atoms with Crippen molar-refractivity contribution in [2.75, 3.05) is 13.7 Å². The van der Waals surface area contributed by atoms with Crippen molar-refractivity contribution in [3.8, 4) is 17.2 Å². The summed E-state index contributed by atoms with van der Waals surface area (Å²) in [6, 6.07) is 3.47. The topological polar surface area (TPSA) is 204 Å². The molecule has 1 heterocycles. The van der Waals surface area contributed by atoms with Crippen molar-refractivity contribution in [1.82, 2.24) is 5.32 Å². The van der Waals surface area contributed by atoms with E-state index >= 15 is 0 Å². The van der Waals surface area contributed by atoms with E-state index in [0.717, 1.165) is 6.92 Å². The van der Waals surface area contributed by atoms with E-state index in [9.17, 15) is 39.3 Å². The van der Waals surface area contributed by atoms with Gasteiger partial charge in [0, 0.05) is 42.9 Å². The maximum atomic E-state index is 13.8. The summed E-state index contributed by atoms with van der Waals surface area (Å²) in [6.07, 6.45) is -4.91. The summed E-state index contributed by atoms with van der Waals surface area (Å²) >= 11 is 0. The fourth-order valence-corrected chi connectivity index (χ4v) is 6.45. The summed E-state index contributed by atoms with van der Waals surface area (Å²) in [7, 11) is 1.32. The highest BCUT2D eigenvalue weighted by Gasteiger charge is 2.50. The van der Waals surface area contributed by atoms with Gasteiger partial charge in [0.05, 0.1) is 42.0 Å². The molecule has 1 fully saturated rings. The number of hydrogen-bond acceptors (Lipinski definition) is 13. The van der Waals surface area contributed by atoms with Gasteiger partial charge in [-0.1, -0.05) is 24.8 Å². The first-order valence-corrected chi connectivity index (χ1v) is 14.8. The molecule has 14 heteroatoms. The van der Waals surface area contributed by atoms with Gasteiger partial charge in [-0.15, -0.1) is 0 Å². The number of benzene rings is 2. The van der Waals surface area contributed by atoms with Crippen molar-refractivity contribution in [2.45, 2.75) is 76.3 Å². The van der Waals surface area contributed by atoms with E-state index in [0.29, 0.717) is 0 Å². The van der Waals surface area contributed by atoms with Gasteiger partial charge < -0.3 is 44.3 Å². The maximum Gasteiger partial charge on any atom is 0.407 e. The standard InChI is InChI=1S/C33H35NO13/c1-6-10-44-32(41)34-19-11-22(45-14(2)31(19)46-16(4)36)47-21-13-33(42,15(3)35)12-18-24(21)30(40)26-25(28(18)38)27(37)17-8-7-9-20(43-5)23(17)29(26)39/h6-9,14,19,21-22,31,38,40,42H,1,10-13H2,2-5H3,(H,34,41)/t14-,19-,21-,22-,31-,33-/m0/s1. The predicted octanol–water partition coefficient (Wildman–Crippen LogP) is 2.55. The highest BCUT2D eigenvalue weighted by molar-refractivity contribution is 6.31. The minimum Gasteiger partial charge on any atom is -0.507 e. The lowest BCUT2D eigenvalue weighted by Gasteiger charge is -2.43. The van der Waals surface area contributed by atoms with Gasteiger partial charge in [0.1, 0.15) is 35.6 Å². The molecule has 1 amide bonds. The highest BCUT2D eigenvalue weighted by atomic mass is 16.7. The van der Waals surface area contributed by atoms with Gasteiger partial charge in [-0.2, -0.15) is 0 Å². The number of esters is 1. The van der Waals surface area contributed by atoms with Gasteiger partial charge >= 0.3 is 12.1 Å². The zero-order valence-corrected chi connectivity index (χ0v) is 26.2. The molecule has 0 spiro atoms. The summed E-state index contributed by atoms with van der Waals surface area (Å²) in [5, 5.41) is 37.3. The van der Waals surface area contributed by atoms with Crippen molar-refractivity contribution >= 4 is 29.4 Å². The average Bonchev–Trinajstić information content (AvgIpc) is 3.01. The Balaban J connectivity index is 1.58. The van der Waals surface area contributed by atoms with Crippen LogP contribution in [0, 0.1) is 0 Å². The minimum atomic E-state index is -2.11. The molecule has 2 aromatic rings. The number of carbonyl (C=O) groups is 5. The summed E-state index contributed by atoms with van der Waals surface area (Å²) < 4.78 is 28.0. The molecule has 14 nitrogen and oxygen atoms in total. The van der Waals surface area contributed by atoms with Crippen molar-refractivity contribution in [3.63, 3.8) is 0 Å². The Morgan fingerprint density at radius 3 is 2.45 bits per heavy atom. The number of ether oxygens (including phenoxy) is 5. The van der Waals surface area contributed by atoms with Crippen molar-refractivity contribution in [3.05, 3.63) is 64.2 Å². The molecule has 2 aliphatic carbocycles. The van der Waals surface area contributed by atoms with Crippen LogP contribution in [0.2, 0.25) is 0 Å². The first-order valence-electron chi connectivity index (χ1n) is 14.8. The van der Waals surface area contributed by atoms with E-state index in [1.165, 1.54) is 38.3 Å². The minimum absolute atomic E-state index is 0.0565. The molecule has 0 unspecified atom stereocenters. The zero-order valence-electron chi connectivity index (χ0n) is 26.2. The predicted molar refractivity (Wildman–Crippen MR) is 160 cm³/mol. The van der Waals surface area contributed by atoms with Crippen LogP contribution in [0.1, 0.15) is 82.7 Å². The number of nitrogens with one attached hydrogen (secondary N) is 1. The van der Waals surface area contributed by atoms with Crippen LogP contribution in [-0.4, -0.2) is 88.6 Å². The van der Waals surface area contributed by atoms with Crippen LogP contribution in [0.5, 0.6) is 17.2 Å². The van der Waals surface area contributed by atoms with E-state index in [1.54, 1.807) is 6.92 Å². The number of carbonyl (C=O) groups excluding carboxylic acids is 5. The number of rotatable bonds is 8. The molecule has 2 aromatic carbocycles. The fourth-order valence-electron chi connectivity index (χ4n) is 6.45. The Hall–Kier alpha value is -4.79. The van der Waals surface area contributed by atoms with Gasteiger partial charge in [-0.25, -0.2) is 4.79 Å². The number of aromatic hydroxyl groups is 2. The highest BCUT2D eigenvalue weighted by Crippen LogP contribution is 2.52. The first-order chi connectivity index (χ1) is 22.2. The number of fused-ring (bicyclic) bond motifs is 3. The number of amides is 1. The molecule has 3 aliphatic rings. The molecule has 1 saturated heterocycles. The second-order valence-corrected chi connectivity index (χ2v) is 11.7. The average molecular weight is 654 g/mol. The van der Waals surface area contributed by atoms with Crippen LogP contribution in [0.25, 0.3) is 0 Å². The first kappa shape index (κ1) is 33.6. The van der Waals surface area contributed by atoms with Gasteiger partial charge in [0.2, 0.25) is 5.78 Å². The maximum absolute atomic E-state index is 13.8. The Bertz CT molecular complexity index is 1680. The van der Waals surface area contributed by atoms with E-state index in [-0.39, 0.29) is 41.0 Å². The normalized spacial score (nSPS) is 26.3. The van der Waals surface area contributed by atoms with E-state index in [2.05, 4.69) is 11.9 Å². The monoisotopic (exact) mass is 653 g/mol. The van der Waals surface area contributed by atoms with Crippen LogP contribution in [0.15, 0.2) is 30.9 Å². The molecule has 0 saturated carbocycles. The lowest BCUT2D eigenvalue weighted by molar-refractivity contribution is -0.252. The second-order valence-electron chi connectivity index (χ2n) is 11.7. The van der Waals surface area contributed by atoms with Gasteiger partial charge in [-0.05, 0) is 19.9 Å². The third kappa shape index (κ3) is 5.95. The Morgan fingerprint density at radius 2 is 1.81 bits per heavy atom. The third-order valence-electron chi connectivity index (χ3n) is 8.66. The molecule has 47 heavy (non-hydrogen) atoms. The largest absolute Gasteiger partial charge is 0.507 e. The SMILES string of the molecule is C=CCOC(=O)N[C@H]1C[C@H](O[C@H]2C[C@](O)(C(C)=O)Cc3c(O)c4c(c(O)c32)C(=O)c2c(OC)cccc2C4=O)O[C@@H](C)[C@@H]1OC(C)=O. The number of phenols is 2. The summed E-state index contributed by atoms with van der Waals surface area (Å²) in [6.45, 7) is 7.31. The molecule has 0 aromatic heterocycles. The lowest BCUT2D eigenvalue weighted by atomic mass is 9.72. The third-order valence-corrected chi connectivity index (χ3v) is 8.66. The van der Waals surface area contributed by atoms with Gasteiger partial charge in [-0.3, -0.25) is 19.2 Å². The number of hydrogen-bond donors (Lipinski definition) is 4. The van der Waals surface area contributed by atoms with Crippen LogP contribution in [0.3, 0.4) is 0 Å². The number of Topliss-reactive ketones (excluding diaryl/α,β-unsaturated/α-hetero) is 1. The summed E-state index contributed by atoms with van der Waals surface area (Å²) in [5.74, 6) is -4.15. The molecule has 1 aliphatic heterocycles. The molecule has 0 bridgehead atoms. The van der Waals surface area contributed by atoms with Crippen molar-refractivity contribution < 1.29 is 63.0 Å². The van der Waals surface area contributed by atoms with E-state index in [4.69, 9.17) is 23.7 Å². The number of aliphatic hydroxyl groups is 1. The van der Waals surface area contributed by atoms with Crippen LogP contribution < -0.4 is 10.1 Å². The number of phenolic OH excluding ortho intramolecular Hbond substituents is 2. The number of methoxy groups -OCH3 is 1. The molecule has 0 radical (unpaired) electrons. The quantitative estimate of drug-likeness (QED) is 0.157. The summed E-state index contributed by atoms with van der Waals surface area (Å²) in [4.78, 5) is 64.5. The van der Waals surface area contributed by atoms with E-state index in [1.807, 2.05) is 0 Å². The molecule has 250 valence electrons. The van der Waals surface area contributed by atoms with Crippen LogP contribution >= 0.6 is 0 Å². The Labute approximate surface area is 269 Å². The molecular formula is C33H35NO13. The summed E-state index contributed by atoms with van der Waals surface area (Å²) in [5.41, 5.74) is -3.51. The Kier molecular flexibility index (Phi) is 9.13. The fraction of sp³-hybridized carbons (Fsp3) is 0.424. The van der Waals surface area contributed by atoms with Crippen LogP contribution in [0.4, 0.5) is 4.79 Å². The molecular weight excluding hydrogens is 618 g/mol. The Morgan fingerprint density at radius 1 is 1.11 bits per heavy atom. The lowest BCUT2D eigenvalue weighted by Crippen LogP contribution is -2.57. The molecule has 5 rings (SSSR count). The van der Waals surface area contributed by atoms with E-state index < -0.39 is 101 Å². The smallest absolute Gasteiger partial charge is 0.407 e. The van der Waals surface area contributed by atoms with Crippen molar-refractivity contribution in [1.29, 1.82) is 0 Å². The molecule has 4 N–H and O–H groups in total. The number of ketones is 3. The zero-order chi connectivity index (χ0) is 34.4. The van der Waals surface area contributed by atoms with Gasteiger partial charge in [0.15, 0.2) is 17.9 Å². The number of alkyl carbamates (subject to hydrolysis) is 1. The van der Waals surface area contributed by atoms with Crippen LogP contribution in [-0.2, 0) is 35.0 Å². The van der Waals surface area contributed by atoms with Crippen molar-refractivity contribution in [2.24, 2.45) is 0 Å². The second kappa shape index (κ2) is 12.8. The van der Waals surface area contributed by atoms with Gasteiger partial charge in [0.25, 0.3) is 0 Å². The molecule has 6 atom stereocenters.